The van der Waals surface area contributed by atoms with E-state index in [2.05, 4.69) is 11.4 Å². The first kappa shape index (κ1) is 20.2. The van der Waals surface area contributed by atoms with E-state index in [4.69, 9.17) is 21.1 Å². The maximum Gasteiger partial charge on any atom is 0.344 e. The average molecular weight is 419 g/mol. The van der Waals surface area contributed by atoms with Crippen molar-refractivity contribution < 1.29 is 19.1 Å². The summed E-state index contributed by atoms with van der Waals surface area (Å²) in [5.41, 5.74) is 1.58. The number of nitrogens with one attached hydrogen (secondary N) is 1. The predicted molar refractivity (Wildman–Crippen MR) is 107 cm³/mol. The van der Waals surface area contributed by atoms with Crippen LogP contribution in [-0.2, 0) is 27.2 Å². The minimum atomic E-state index is -0.660. The third-order valence-electron chi connectivity index (χ3n) is 4.32. The molecule has 1 amide bonds. The zero-order valence-electron chi connectivity index (χ0n) is 15.1. The molecular weight excluding hydrogens is 400 g/mol. The minimum absolute atomic E-state index is 0.314. The summed E-state index contributed by atoms with van der Waals surface area (Å²) in [5, 5.41) is 13.3. The summed E-state index contributed by atoms with van der Waals surface area (Å²) in [6.07, 6.45) is 5.10. The van der Waals surface area contributed by atoms with Crippen LogP contribution >= 0.6 is 22.9 Å². The van der Waals surface area contributed by atoms with Crippen LogP contribution in [0.4, 0.5) is 5.00 Å². The molecule has 0 spiro atoms. The molecule has 0 unspecified atom stereocenters. The number of aryl methyl sites for hydroxylation is 1. The topological polar surface area (TPSA) is 88.4 Å². The number of halogens is 1. The number of hydrogen-bond acceptors (Lipinski definition) is 6. The molecule has 1 aromatic heterocycles. The van der Waals surface area contributed by atoms with E-state index in [1.807, 2.05) is 0 Å². The predicted octanol–water partition coefficient (Wildman–Crippen LogP) is 4.10. The molecule has 8 heteroatoms. The number of nitriles is 1. The van der Waals surface area contributed by atoms with Crippen molar-refractivity contribution in [2.45, 2.75) is 32.1 Å². The summed E-state index contributed by atoms with van der Waals surface area (Å²) in [6.45, 7) is -0.748. The van der Waals surface area contributed by atoms with Gasteiger partial charge in [0.05, 0.1) is 5.56 Å². The summed E-state index contributed by atoms with van der Waals surface area (Å²) >= 11 is 7.22. The van der Waals surface area contributed by atoms with Crippen LogP contribution in [0.5, 0.6) is 5.75 Å². The van der Waals surface area contributed by atoms with Crippen LogP contribution in [0.15, 0.2) is 24.3 Å². The lowest BCUT2D eigenvalue weighted by Crippen LogP contribution is -2.23. The second-order valence-electron chi connectivity index (χ2n) is 6.33. The highest BCUT2D eigenvalue weighted by molar-refractivity contribution is 7.16. The van der Waals surface area contributed by atoms with Gasteiger partial charge in [0.1, 0.15) is 16.8 Å². The number of carbonyl (C=O) groups excluding carboxylic acids is 2. The van der Waals surface area contributed by atoms with E-state index in [-0.39, 0.29) is 6.61 Å². The molecule has 1 aliphatic rings. The van der Waals surface area contributed by atoms with Gasteiger partial charge in [-0.1, -0.05) is 18.0 Å². The van der Waals surface area contributed by atoms with Crippen molar-refractivity contribution in [1.29, 1.82) is 5.26 Å². The largest absolute Gasteiger partial charge is 0.482 e. The van der Waals surface area contributed by atoms with Gasteiger partial charge in [-0.3, -0.25) is 4.79 Å². The van der Waals surface area contributed by atoms with Crippen LogP contribution in [0, 0.1) is 11.3 Å². The molecule has 0 saturated carbocycles. The molecule has 28 heavy (non-hydrogen) atoms. The van der Waals surface area contributed by atoms with Crippen LogP contribution in [0.3, 0.4) is 0 Å². The molecular formula is C20H19ClN2O4S. The molecule has 0 bridgehead atoms. The molecule has 0 radical (unpaired) electrons. The highest BCUT2D eigenvalue weighted by Gasteiger charge is 2.21. The van der Waals surface area contributed by atoms with E-state index >= 15 is 0 Å². The van der Waals surface area contributed by atoms with E-state index in [1.54, 1.807) is 24.3 Å². The molecule has 2 aromatic rings. The van der Waals surface area contributed by atoms with Crippen molar-refractivity contribution in [1.82, 2.24) is 0 Å². The van der Waals surface area contributed by atoms with Crippen LogP contribution < -0.4 is 10.1 Å². The Bertz CT molecular complexity index is 902. The monoisotopic (exact) mass is 418 g/mol. The summed E-state index contributed by atoms with van der Waals surface area (Å²) in [7, 11) is 0. The zero-order valence-corrected chi connectivity index (χ0v) is 16.7. The van der Waals surface area contributed by atoms with Crippen molar-refractivity contribution in [2.24, 2.45) is 0 Å². The first-order chi connectivity index (χ1) is 13.6. The maximum atomic E-state index is 12.1. The number of anilines is 1. The van der Waals surface area contributed by atoms with Gasteiger partial charge in [-0.25, -0.2) is 4.79 Å². The molecule has 0 saturated heterocycles. The fourth-order valence-corrected chi connectivity index (χ4v) is 4.35. The summed E-state index contributed by atoms with van der Waals surface area (Å²) in [6, 6.07) is 8.75. The normalized spacial score (nSPS) is 13.0. The summed E-state index contributed by atoms with van der Waals surface area (Å²) < 4.78 is 10.2. The number of carbonyl (C=O) groups is 2. The van der Waals surface area contributed by atoms with Gasteiger partial charge in [0.25, 0.3) is 5.91 Å². The maximum absolute atomic E-state index is 12.1. The summed E-state index contributed by atoms with van der Waals surface area (Å²) in [5.74, 6) is -0.662. The minimum Gasteiger partial charge on any atom is -0.482 e. The van der Waals surface area contributed by atoms with Gasteiger partial charge < -0.3 is 14.8 Å². The third-order valence-corrected chi connectivity index (χ3v) is 5.78. The number of nitrogens with zero attached hydrogens (tertiary/aromatic N) is 1. The Labute approximate surface area is 172 Å². The van der Waals surface area contributed by atoms with E-state index in [1.165, 1.54) is 11.3 Å². The number of ether oxygens (including phenoxy) is 2. The third kappa shape index (κ3) is 5.24. The van der Waals surface area contributed by atoms with Gasteiger partial charge in [0.2, 0.25) is 0 Å². The number of benzene rings is 1. The van der Waals surface area contributed by atoms with Crippen molar-refractivity contribution >= 4 is 39.8 Å². The van der Waals surface area contributed by atoms with E-state index < -0.39 is 18.5 Å². The number of thiophene rings is 1. The second-order valence-corrected chi connectivity index (χ2v) is 7.87. The van der Waals surface area contributed by atoms with Gasteiger partial charge in [-0.15, -0.1) is 11.3 Å². The van der Waals surface area contributed by atoms with E-state index in [9.17, 15) is 14.9 Å². The lowest BCUT2D eigenvalue weighted by molar-refractivity contribution is -0.149. The second kappa shape index (κ2) is 9.58. The molecule has 1 aliphatic carbocycles. The Morgan fingerprint density at radius 3 is 2.64 bits per heavy atom. The molecule has 1 N–H and O–H groups in total. The standard InChI is InChI=1S/C20H19ClN2O4S/c21-13-6-8-14(9-7-13)26-12-19(25)27-11-18(24)23-20-16(10-22)15-4-2-1-3-5-17(15)28-20/h6-9H,1-5,11-12H2,(H,23,24). The molecule has 1 aromatic carbocycles. The molecule has 6 nitrogen and oxygen atoms in total. The Morgan fingerprint density at radius 2 is 1.89 bits per heavy atom. The Morgan fingerprint density at radius 1 is 1.14 bits per heavy atom. The molecule has 146 valence electrons. The number of esters is 1. The fourth-order valence-electron chi connectivity index (χ4n) is 2.97. The number of hydrogen-bond donors (Lipinski definition) is 1. The first-order valence-electron chi connectivity index (χ1n) is 8.95. The van der Waals surface area contributed by atoms with E-state index in [0.717, 1.165) is 42.5 Å². The highest BCUT2D eigenvalue weighted by atomic mass is 35.5. The smallest absolute Gasteiger partial charge is 0.344 e. The number of rotatable bonds is 6. The molecule has 0 aliphatic heterocycles. The molecule has 3 rings (SSSR count). The lowest BCUT2D eigenvalue weighted by atomic mass is 10.1. The average Bonchev–Trinajstić information content (AvgIpc) is 2.85. The Balaban J connectivity index is 1.50. The van der Waals surface area contributed by atoms with Crippen molar-refractivity contribution in [3.8, 4) is 11.8 Å². The van der Waals surface area contributed by atoms with Gasteiger partial charge in [0.15, 0.2) is 13.2 Å². The van der Waals surface area contributed by atoms with Crippen molar-refractivity contribution in [3.63, 3.8) is 0 Å². The van der Waals surface area contributed by atoms with Gasteiger partial charge in [-0.05, 0) is 55.5 Å². The van der Waals surface area contributed by atoms with Crippen LogP contribution in [0.2, 0.25) is 5.02 Å². The van der Waals surface area contributed by atoms with Gasteiger partial charge >= 0.3 is 5.97 Å². The molecule has 1 heterocycles. The summed E-state index contributed by atoms with van der Waals surface area (Å²) in [4.78, 5) is 25.1. The van der Waals surface area contributed by atoms with E-state index in [0.29, 0.717) is 21.3 Å². The van der Waals surface area contributed by atoms with Gasteiger partial charge in [-0.2, -0.15) is 5.26 Å². The van der Waals surface area contributed by atoms with Crippen molar-refractivity contribution in [2.75, 3.05) is 18.5 Å². The highest BCUT2D eigenvalue weighted by Crippen LogP contribution is 2.36. The number of fused-ring (bicyclic) bond motifs is 1. The number of amides is 1. The van der Waals surface area contributed by atoms with Crippen LogP contribution in [0.1, 0.15) is 35.3 Å². The lowest BCUT2D eigenvalue weighted by Gasteiger charge is -2.07. The van der Waals surface area contributed by atoms with Crippen molar-refractivity contribution in [3.05, 3.63) is 45.3 Å². The Hall–Kier alpha value is -2.56. The van der Waals surface area contributed by atoms with Crippen LogP contribution in [0.25, 0.3) is 0 Å². The molecule has 0 atom stereocenters. The van der Waals surface area contributed by atoms with Gasteiger partial charge in [0, 0.05) is 9.90 Å². The molecule has 0 fully saturated rings. The SMILES string of the molecule is N#Cc1c(NC(=O)COC(=O)COc2ccc(Cl)cc2)sc2c1CCCCC2. The first-order valence-corrected chi connectivity index (χ1v) is 10.1. The Kier molecular flexibility index (Phi) is 6.90. The fraction of sp³-hybridized carbons (Fsp3) is 0.350. The van der Waals surface area contributed by atoms with Crippen LogP contribution in [-0.4, -0.2) is 25.1 Å². The quantitative estimate of drug-likeness (QED) is 0.563. The zero-order chi connectivity index (χ0) is 19.9.